The molecule has 3 rings (SSSR count). The number of hydrogen-bond donors (Lipinski definition) is 2. The van der Waals surface area contributed by atoms with Crippen molar-refractivity contribution in [3.05, 3.63) is 35.9 Å². The lowest BCUT2D eigenvalue weighted by molar-refractivity contribution is -0.147. The maximum atomic E-state index is 12.5. The molecule has 148 valence electrons. The first-order chi connectivity index (χ1) is 13.0. The lowest BCUT2D eigenvalue weighted by atomic mass is 9.99. The minimum Gasteiger partial charge on any atom is -0.379 e. The summed E-state index contributed by atoms with van der Waals surface area (Å²) in [6.07, 6.45) is -0.920. The van der Waals surface area contributed by atoms with E-state index in [1.54, 1.807) is 24.3 Å². The highest BCUT2D eigenvalue weighted by Crippen LogP contribution is 2.22. The number of morpholine rings is 2. The normalized spacial score (nSPS) is 24.2. The van der Waals surface area contributed by atoms with Crippen LogP contribution in [0.2, 0.25) is 0 Å². The molecule has 2 amide bonds. The molecule has 10 heteroatoms. The van der Waals surface area contributed by atoms with Crippen LogP contribution in [0.25, 0.3) is 0 Å². The van der Waals surface area contributed by atoms with E-state index in [9.17, 15) is 18.0 Å². The standard InChI is InChI=1S/C17H23N3O6S/c21-14-12-26-16(15(19-14)13-4-2-1-3-5-13)17(22)18-6-11-27(23,24)20-7-9-25-10-8-20/h1-5,15-16H,6-12H2,(H,18,22)(H,19,21)/t15-,16+/m1/s1. The third kappa shape index (κ3) is 5.04. The first-order valence-corrected chi connectivity index (χ1v) is 10.4. The van der Waals surface area contributed by atoms with Crippen LogP contribution in [0.4, 0.5) is 0 Å². The number of nitrogens with zero attached hydrogens (tertiary/aromatic N) is 1. The van der Waals surface area contributed by atoms with Gasteiger partial charge in [-0.15, -0.1) is 0 Å². The number of hydrogen-bond acceptors (Lipinski definition) is 6. The van der Waals surface area contributed by atoms with Gasteiger partial charge in [-0.05, 0) is 5.56 Å². The number of ether oxygens (including phenoxy) is 2. The molecule has 1 aromatic carbocycles. The first-order valence-electron chi connectivity index (χ1n) is 8.76. The van der Waals surface area contributed by atoms with Crippen LogP contribution in [0, 0.1) is 0 Å². The smallest absolute Gasteiger partial charge is 0.251 e. The predicted octanol–water partition coefficient (Wildman–Crippen LogP) is -0.979. The zero-order chi connectivity index (χ0) is 19.3. The molecule has 0 saturated carbocycles. The molecule has 1 aromatic rings. The Hall–Kier alpha value is -2.01. The van der Waals surface area contributed by atoms with E-state index in [0.717, 1.165) is 5.56 Å². The van der Waals surface area contributed by atoms with Gasteiger partial charge in [0.05, 0.1) is 25.0 Å². The summed E-state index contributed by atoms with van der Waals surface area (Å²) in [7, 11) is -3.46. The highest BCUT2D eigenvalue weighted by Gasteiger charge is 2.36. The molecule has 2 fully saturated rings. The van der Waals surface area contributed by atoms with Crippen molar-refractivity contribution in [2.75, 3.05) is 45.2 Å². The molecule has 0 radical (unpaired) electrons. The largest absolute Gasteiger partial charge is 0.379 e. The lowest BCUT2D eigenvalue weighted by Crippen LogP contribution is -2.53. The number of amides is 2. The highest BCUT2D eigenvalue weighted by molar-refractivity contribution is 7.89. The molecule has 2 atom stereocenters. The third-order valence-corrected chi connectivity index (χ3v) is 6.32. The minimum absolute atomic E-state index is 0.0339. The van der Waals surface area contributed by atoms with E-state index in [1.807, 2.05) is 6.07 Å². The maximum absolute atomic E-state index is 12.5. The van der Waals surface area contributed by atoms with Gasteiger partial charge in [-0.3, -0.25) is 9.59 Å². The molecule has 0 aromatic heterocycles. The van der Waals surface area contributed by atoms with Gasteiger partial charge in [0.25, 0.3) is 5.91 Å². The Morgan fingerprint density at radius 3 is 2.63 bits per heavy atom. The van der Waals surface area contributed by atoms with Gasteiger partial charge in [0.1, 0.15) is 6.61 Å². The van der Waals surface area contributed by atoms with Gasteiger partial charge in [-0.2, -0.15) is 4.31 Å². The third-order valence-electron chi connectivity index (χ3n) is 4.45. The second-order valence-corrected chi connectivity index (χ2v) is 8.39. The van der Waals surface area contributed by atoms with Crippen molar-refractivity contribution in [2.45, 2.75) is 12.1 Å². The van der Waals surface area contributed by atoms with Crippen LogP contribution >= 0.6 is 0 Å². The van der Waals surface area contributed by atoms with Crippen LogP contribution in [-0.4, -0.2) is 75.8 Å². The predicted molar refractivity (Wildman–Crippen MR) is 96.3 cm³/mol. The minimum atomic E-state index is -3.46. The van der Waals surface area contributed by atoms with Crippen molar-refractivity contribution in [1.29, 1.82) is 0 Å². The summed E-state index contributed by atoms with van der Waals surface area (Å²) in [5.41, 5.74) is 0.742. The fraction of sp³-hybridized carbons (Fsp3) is 0.529. The Bertz CT molecular complexity index is 764. The molecule has 2 heterocycles. The second kappa shape index (κ2) is 8.79. The zero-order valence-electron chi connectivity index (χ0n) is 14.8. The van der Waals surface area contributed by atoms with Gasteiger partial charge in [-0.25, -0.2) is 8.42 Å². The summed E-state index contributed by atoms with van der Waals surface area (Å²) >= 11 is 0. The fourth-order valence-corrected chi connectivity index (χ4v) is 4.38. The summed E-state index contributed by atoms with van der Waals surface area (Å²) in [5.74, 6) is -0.961. The van der Waals surface area contributed by atoms with E-state index in [2.05, 4.69) is 10.6 Å². The van der Waals surface area contributed by atoms with Gasteiger partial charge in [0.15, 0.2) is 6.10 Å². The summed E-state index contributed by atoms with van der Waals surface area (Å²) in [5, 5.41) is 5.37. The number of nitrogens with one attached hydrogen (secondary N) is 2. The van der Waals surface area contributed by atoms with E-state index < -0.39 is 28.1 Å². The first kappa shape index (κ1) is 19.7. The van der Waals surface area contributed by atoms with E-state index in [4.69, 9.17) is 9.47 Å². The molecule has 9 nitrogen and oxygen atoms in total. The van der Waals surface area contributed by atoms with Crippen LogP contribution in [-0.2, 0) is 29.1 Å². The van der Waals surface area contributed by atoms with Gasteiger partial charge in [0.2, 0.25) is 15.9 Å². The molecular formula is C17H23N3O6S. The molecular weight excluding hydrogens is 374 g/mol. The molecule has 0 bridgehead atoms. The quantitative estimate of drug-likeness (QED) is 0.638. The monoisotopic (exact) mass is 397 g/mol. The van der Waals surface area contributed by atoms with Crippen LogP contribution in [0.1, 0.15) is 11.6 Å². The molecule has 2 N–H and O–H groups in total. The number of carbonyl (C=O) groups excluding carboxylic acids is 2. The summed E-state index contributed by atoms with van der Waals surface area (Å²) in [6, 6.07) is 8.41. The van der Waals surface area contributed by atoms with Crippen LogP contribution in [0.15, 0.2) is 30.3 Å². The van der Waals surface area contributed by atoms with Crippen molar-refractivity contribution < 1.29 is 27.5 Å². The Kier molecular flexibility index (Phi) is 6.42. The average Bonchev–Trinajstić information content (AvgIpc) is 2.69. The SMILES string of the molecule is O=C1CO[C@H](C(=O)NCCS(=O)(=O)N2CCOCC2)[C@@H](c2ccccc2)N1. The van der Waals surface area contributed by atoms with Crippen molar-refractivity contribution in [3.63, 3.8) is 0 Å². The van der Waals surface area contributed by atoms with E-state index >= 15 is 0 Å². The summed E-state index contributed by atoms with van der Waals surface area (Å²) in [6.45, 7) is 1.15. The van der Waals surface area contributed by atoms with E-state index in [1.165, 1.54) is 4.31 Å². The van der Waals surface area contributed by atoms with Crippen molar-refractivity contribution in [1.82, 2.24) is 14.9 Å². The highest BCUT2D eigenvalue weighted by atomic mass is 32.2. The molecule has 2 aliphatic heterocycles. The number of sulfonamides is 1. The van der Waals surface area contributed by atoms with Gasteiger partial charge in [-0.1, -0.05) is 30.3 Å². The maximum Gasteiger partial charge on any atom is 0.251 e. The van der Waals surface area contributed by atoms with E-state index in [0.29, 0.717) is 26.3 Å². The molecule has 2 aliphatic rings. The van der Waals surface area contributed by atoms with Crippen LogP contribution < -0.4 is 10.6 Å². The molecule has 0 aliphatic carbocycles. The van der Waals surface area contributed by atoms with Crippen molar-refractivity contribution in [3.8, 4) is 0 Å². The van der Waals surface area contributed by atoms with Gasteiger partial charge < -0.3 is 20.1 Å². The van der Waals surface area contributed by atoms with Crippen LogP contribution in [0.5, 0.6) is 0 Å². The zero-order valence-corrected chi connectivity index (χ0v) is 15.6. The van der Waals surface area contributed by atoms with Crippen LogP contribution in [0.3, 0.4) is 0 Å². The Labute approximate surface area is 158 Å². The lowest BCUT2D eigenvalue weighted by Gasteiger charge is -2.32. The summed E-state index contributed by atoms with van der Waals surface area (Å²) < 4.78 is 36.5. The Morgan fingerprint density at radius 2 is 1.93 bits per heavy atom. The summed E-state index contributed by atoms with van der Waals surface area (Å²) in [4.78, 5) is 24.2. The number of carbonyl (C=O) groups is 2. The second-order valence-electron chi connectivity index (χ2n) is 6.31. The Balaban J connectivity index is 1.58. The Morgan fingerprint density at radius 1 is 1.22 bits per heavy atom. The molecule has 27 heavy (non-hydrogen) atoms. The fourth-order valence-electron chi connectivity index (χ4n) is 3.06. The molecule has 0 unspecified atom stereocenters. The van der Waals surface area contributed by atoms with Gasteiger partial charge >= 0.3 is 0 Å². The topological polar surface area (TPSA) is 114 Å². The average molecular weight is 397 g/mol. The molecule has 2 saturated heterocycles. The van der Waals surface area contributed by atoms with Gasteiger partial charge in [0, 0.05) is 19.6 Å². The van der Waals surface area contributed by atoms with Crippen molar-refractivity contribution in [2.24, 2.45) is 0 Å². The number of rotatable bonds is 6. The molecule has 0 spiro atoms. The van der Waals surface area contributed by atoms with Crippen molar-refractivity contribution >= 4 is 21.8 Å². The van der Waals surface area contributed by atoms with E-state index in [-0.39, 0.29) is 24.8 Å². The number of benzene rings is 1.